The maximum atomic E-state index is 12.1. The van der Waals surface area contributed by atoms with Crippen LogP contribution in [-0.2, 0) is 16.0 Å². The molecule has 1 aromatic heterocycles. The van der Waals surface area contributed by atoms with E-state index in [0.717, 1.165) is 29.7 Å². The second kappa shape index (κ2) is 6.54. The summed E-state index contributed by atoms with van der Waals surface area (Å²) in [5.41, 5.74) is 2.91. The number of carbonyl (C=O) groups is 1. The Kier molecular flexibility index (Phi) is 4.48. The van der Waals surface area contributed by atoms with Crippen molar-refractivity contribution < 1.29 is 9.53 Å². The molecule has 1 aliphatic rings. The van der Waals surface area contributed by atoms with Gasteiger partial charge >= 0.3 is 0 Å². The van der Waals surface area contributed by atoms with Crippen LogP contribution >= 0.6 is 0 Å². The van der Waals surface area contributed by atoms with E-state index in [1.165, 1.54) is 0 Å². The minimum absolute atomic E-state index is 0.0438. The van der Waals surface area contributed by atoms with Gasteiger partial charge in [-0.15, -0.1) is 0 Å². The molecule has 5 nitrogen and oxygen atoms in total. The second-order valence-corrected chi connectivity index (χ2v) is 6.26. The van der Waals surface area contributed by atoms with E-state index in [9.17, 15) is 9.59 Å². The summed E-state index contributed by atoms with van der Waals surface area (Å²) in [7, 11) is 1.65. The number of likely N-dealkylation sites (tertiary alicyclic amines) is 1. The van der Waals surface area contributed by atoms with Crippen LogP contribution < -0.4 is 5.43 Å². The highest BCUT2D eigenvalue weighted by molar-refractivity contribution is 5.82. The highest BCUT2D eigenvalue weighted by Gasteiger charge is 2.29. The molecule has 3 rings (SSSR count). The van der Waals surface area contributed by atoms with Crippen molar-refractivity contribution in [3.05, 3.63) is 45.7 Å². The number of ether oxygens (including phenoxy) is 1. The van der Waals surface area contributed by atoms with E-state index in [4.69, 9.17) is 4.74 Å². The predicted octanol–water partition coefficient (Wildman–Crippen LogP) is 1.87. The Balaban J connectivity index is 1.83. The molecule has 2 aromatic rings. The molecule has 1 fully saturated rings. The number of rotatable bonds is 5. The lowest BCUT2D eigenvalue weighted by molar-refractivity contribution is -0.128. The number of aryl methyl sites for hydroxylation is 1. The van der Waals surface area contributed by atoms with Crippen LogP contribution in [0.25, 0.3) is 10.9 Å². The quantitative estimate of drug-likeness (QED) is 0.916. The van der Waals surface area contributed by atoms with Crippen molar-refractivity contribution >= 4 is 16.8 Å². The Morgan fingerprint density at radius 3 is 2.96 bits per heavy atom. The van der Waals surface area contributed by atoms with Gasteiger partial charge in [0.25, 0.3) is 0 Å². The van der Waals surface area contributed by atoms with Crippen LogP contribution in [0.4, 0.5) is 0 Å². The van der Waals surface area contributed by atoms with E-state index < -0.39 is 0 Å². The third-order valence-corrected chi connectivity index (χ3v) is 4.45. The van der Waals surface area contributed by atoms with Crippen molar-refractivity contribution in [2.45, 2.75) is 19.8 Å². The first kappa shape index (κ1) is 15.7. The van der Waals surface area contributed by atoms with E-state index in [0.29, 0.717) is 25.0 Å². The number of benzene rings is 1. The lowest BCUT2D eigenvalue weighted by Gasteiger charge is -2.16. The number of carbonyl (C=O) groups excluding carboxylic acids is 1. The number of H-pyrrole nitrogens is 1. The first-order valence-electron chi connectivity index (χ1n) is 7.96. The molecule has 0 saturated carbocycles. The second-order valence-electron chi connectivity index (χ2n) is 6.26. The standard InChI is InChI=1S/C18H22N2O3/c1-12-8-16(21)15-5-3-4-14(18(15)19-12)9-13-10-17(22)20(11-13)6-7-23-2/h3-5,8,13H,6-7,9-11H2,1-2H3,(H,19,21)/t13-/m0/s1. The fourth-order valence-corrected chi connectivity index (χ4v) is 3.35. The van der Waals surface area contributed by atoms with Crippen molar-refractivity contribution in [2.24, 2.45) is 5.92 Å². The first-order chi connectivity index (χ1) is 11.1. The molecule has 1 N–H and O–H groups in total. The summed E-state index contributed by atoms with van der Waals surface area (Å²) in [6.07, 6.45) is 1.36. The summed E-state index contributed by atoms with van der Waals surface area (Å²) in [6.45, 7) is 3.87. The van der Waals surface area contributed by atoms with Gasteiger partial charge < -0.3 is 14.6 Å². The molecule has 0 radical (unpaired) electrons. The Morgan fingerprint density at radius 2 is 2.17 bits per heavy atom. The van der Waals surface area contributed by atoms with Crippen LogP contribution in [0, 0.1) is 12.8 Å². The third kappa shape index (κ3) is 3.29. The number of amides is 1. The molecule has 2 heterocycles. The number of methoxy groups -OCH3 is 1. The average molecular weight is 314 g/mol. The van der Waals surface area contributed by atoms with Crippen LogP contribution in [0.5, 0.6) is 0 Å². The Labute approximate surface area is 135 Å². The van der Waals surface area contributed by atoms with Crippen LogP contribution in [-0.4, -0.2) is 42.6 Å². The summed E-state index contributed by atoms with van der Waals surface area (Å²) >= 11 is 0. The molecule has 122 valence electrons. The van der Waals surface area contributed by atoms with Gasteiger partial charge in [-0.05, 0) is 30.9 Å². The van der Waals surface area contributed by atoms with Gasteiger partial charge in [0, 0.05) is 43.8 Å². The molecule has 1 aromatic carbocycles. The average Bonchev–Trinajstić information content (AvgIpc) is 2.85. The molecule has 0 spiro atoms. The Morgan fingerprint density at radius 1 is 1.35 bits per heavy atom. The maximum Gasteiger partial charge on any atom is 0.223 e. The van der Waals surface area contributed by atoms with Gasteiger partial charge in [-0.25, -0.2) is 0 Å². The number of aromatic nitrogens is 1. The van der Waals surface area contributed by atoms with Crippen molar-refractivity contribution in [2.75, 3.05) is 26.8 Å². The fourth-order valence-electron chi connectivity index (χ4n) is 3.35. The van der Waals surface area contributed by atoms with E-state index in [2.05, 4.69) is 4.98 Å². The Bertz CT molecular complexity index is 781. The van der Waals surface area contributed by atoms with Crippen molar-refractivity contribution in [3.8, 4) is 0 Å². The lowest BCUT2D eigenvalue weighted by atomic mass is 9.96. The molecule has 1 atom stereocenters. The maximum absolute atomic E-state index is 12.1. The predicted molar refractivity (Wildman–Crippen MR) is 89.6 cm³/mol. The van der Waals surface area contributed by atoms with Crippen molar-refractivity contribution in [3.63, 3.8) is 0 Å². The lowest BCUT2D eigenvalue weighted by Crippen LogP contribution is -2.28. The topological polar surface area (TPSA) is 62.4 Å². The highest BCUT2D eigenvalue weighted by atomic mass is 16.5. The fraction of sp³-hybridized carbons (Fsp3) is 0.444. The van der Waals surface area contributed by atoms with Gasteiger partial charge in [0.1, 0.15) is 0 Å². The minimum Gasteiger partial charge on any atom is -0.383 e. The number of fused-ring (bicyclic) bond motifs is 1. The molecular weight excluding hydrogens is 292 g/mol. The number of hydrogen-bond donors (Lipinski definition) is 1. The van der Waals surface area contributed by atoms with E-state index in [-0.39, 0.29) is 17.3 Å². The molecule has 0 bridgehead atoms. The van der Waals surface area contributed by atoms with Gasteiger partial charge in [-0.1, -0.05) is 12.1 Å². The number of nitrogens with zero attached hydrogens (tertiary/aromatic N) is 1. The summed E-state index contributed by atoms with van der Waals surface area (Å²) in [6, 6.07) is 7.43. The molecule has 23 heavy (non-hydrogen) atoms. The molecule has 0 unspecified atom stereocenters. The zero-order valence-corrected chi connectivity index (χ0v) is 13.6. The number of aromatic amines is 1. The monoisotopic (exact) mass is 314 g/mol. The van der Waals surface area contributed by atoms with Gasteiger partial charge in [-0.3, -0.25) is 9.59 Å². The van der Waals surface area contributed by atoms with Crippen LogP contribution in [0.3, 0.4) is 0 Å². The molecule has 1 aliphatic heterocycles. The smallest absolute Gasteiger partial charge is 0.223 e. The molecule has 5 heteroatoms. The van der Waals surface area contributed by atoms with Crippen LogP contribution in [0.15, 0.2) is 29.1 Å². The van der Waals surface area contributed by atoms with Gasteiger partial charge in [-0.2, -0.15) is 0 Å². The molecule has 1 saturated heterocycles. The van der Waals surface area contributed by atoms with E-state index >= 15 is 0 Å². The third-order valence-electron chi connectivity index (χ3n) is 4.45. The zero-order chi connectivity index (χ0) is 16.4. The highest BCUT2D eigenvalue weighted by Crippen LogP contribution is 2.24. The zero-order valence-electron chi connectivity index (χ0n) is 13.6. The van der Waals surface area contributed by atoms with Crippen molar-refractivity contribution in [1.29, 1.82) is 0 Å². The first-order valence-corrected chi connectivity index (χ1v) is 7.96. The minimum atomic E-state index is 0.0438. The summed E-state index contributed by atoms with van der Waals surface area (Å²) < 4.78 is 5.06. The summed E-state index contributed by atoms with van der Waals surface area (Å²) in [5.74, 6) is 0.478. The van der Waals surface area contributed by atoms with Gasteiger partial charge in [0.2, 0.25) is 5.91 Å². The number of pyridine rings is 1. The van der Waals surface area contributed by atoms with E-state index in [1.54, 1.807) is 13.2 Å². The van der Waals surface area contributed by atoms with Gasteiger partial charge in [0.05, 0.1) is 12.1 Å². The van der Waals surface area contributed by atoms with Crippen LogP contribution in [0.2, 0.25) is 0 Å². The molecule has 1 amide bonds. The SMILES string of the molecule is COCCN1C[C@@H](Cc2cccc3c(=O)cc(C)[nH]c23)CC1=O. The number of hydrogen-bond acceptors (Lipinski definition) is 3. The number of para-hydroxylation sites is 1. The Hall–Kier alpha value is -2.14. The van der Waals surface area contributed by atoms with Crippen molar-refractivity contribution in [1.82, 2.24) is 9.88 Å². The normalized spacial score (nSPS) is 18.1. The van der Waals surface area contributed by atoms with E-state index in [1.807, 2.05) is 30.0 Å². The molecular formula is C18H22N2O3. The van der Waals surface area contributed by atoms with Crippen LogP contribution in [0.1, 0.15) is 17.7 Å². The summed E-state index contributed by atoms with van der Waals surface area (Å²) in [5, 5.41) is 0.716. The molecule has 0 aliphatic carbocycles. The summed E-state index contributed by atoms with van der Waals surface area (Å²) in [4.78, 5) is 29.4. The van der Waals surface area contributed by atoms with Gasteiger partial charge in [0.15, 0.2) is 5.43 Å². The largest absolute Gasteiger partial charge is 0.383 e. The number of nitrogens with one attached hydrogen (secondary N) is 1.